The Hall–Kier alpha value is -1.69. The number of aliphatic hydroxyl groups is 1. The highest BCUT2D eigenvalue weighted by Gasteiger charge is 2.31. The fraction of sp³-hybridized carbons (Fsp3) is 0.667. The van der Waals surface area contributed by atoms with E-state index in [-0.39, 0.29) is 6.54 Å². The van der Waals surface area contributed by atoms with Gasteiger partial charge in [-0.15, -0.1) is 0 Å². The lowest BCUT2D eigenvalue weighted by Gasteiger charge is -2.31. The normalized spacial score (nSPS) is 17.5. The Morgan fingerprint density at radius 3 is 2.43 bits per heavy atom. The topological polar surface area (TPSA) is 84.2 Å². The van der Waals surface area contributed by atoms with Crippen molar-refractivity contribution in [2.45, 2.75) is 51.6 Å². The first-order valence-corrected chi connectivity index (χ1v) is 7.39. The van der Waals surface area contributed by atoms with Crippen LogP contribution >= 0.6 is 0 Å². The number of ketones is 1. The summed E-state index contributed by atoms with van der Waals surface area (Å²) in [5.41, 5.74) is 0.703. The standard InChI is InChI=1S/C15H23N3O3/c1-10-12(11(2)18(3)17-10)13(19)14(20)16-9-15(21)7-5-4-6-8-15/h21H,4-9H2,1-3H3,(H,16,20). The number of nitrogens with zero attached hydrogens (tertiary/aromatic N) is 2. The fourth-order valence-corrected chi connectivity index (χ4v) is 2.93. The first-order chi connectivity index (χ1) is 9.84. The molecule has 2 rings (SSSR count). The van der Waals surface area contributed by atoms with Gasteiger partial charge in [-0.3, -0.25) is 14.3 Å². The average molecular weight is 293 g/mol. The predicted octanol–water partition coefficient (Wildman–Crippen LogP) is 1.03. The van der Waals surface area contributed by atoms with Crippen LogP contribution in [0.3, 0.4) is 0 Å². The second-order valence-corrected chi connectivity index (χ2v) is 5.97. The van der Waals surface area contributed by atoms with Gasteiger partial charge >= 0.3 is 0 Å². The molecular weight excluding hydrogens is 270 g/mol. The van der Waals surface area contributed by atoms with Crippen LogP contribution < -0.4 is 5.32 Å². The minimum Gasteiger partial charge on any atom is -0.388 e. The number of aryl methyl sites for hydroxylation is 2. The number of amides is 1. The minimum atomic E-state index is -0.868. The predicted molar refractivity (Wildman–Crippen MR) is 78.1 cm³/mol. The van der Waals surface area contributed by atoms with Crippen LogP contribution in [0.5, 0.6) is 0 Å². The summed E-state index contributed by atoms with van der Waals surface area (Å²) in [5, 5.41) is 17.1. The van der Waals surface area contributed by atoms with Crippen molar-refractivity contribution in [1.29, 1.82) is 0 Å². The molecule has 0 radical (unpaired) electrons. The molecule has 0 atom stereocenters. The van der Waals surface area contributed by atoms with Gasteiger partial charge in [-0.25, -0.2) is 0 Å². The molecule has 0 aromatic carbocycles. The van der Waals surface area contributed by atoms with E-state index in [2.05, 4.69) is 10.4 Å². The smallest absolute Gasteiger partial charge is 0.292 e. The Morgan fingerprint density at radius 2 is 1.90 bits per heavy atom. The van der Waals surface area contributed by atoms with E-state index in [4.69, 9.17) is 0 Å². The van der Waals surface area contributed by atoms with Gasteiger partial charge in [-0.2, -0.15) is 5.10 Å². The molecule has 1 aromatic rings. The molecule has 1 aromatic heterocycles. The number of carbonyl (C=O) groups is 2. The number of aromatic nitrogens is 2. The lowest BCUT2D eigenvalue weighted by Crippen LogP contribution is -2.46. The van der Waals surface area contributed by atoms with Crippen molar-refractivity contribution in [1.82, 2.24) is 15.1 Å². The summed E-state index contributed by atoms with van der Waals surface area (Å²) in [6, 6.07) is 0. The monoisotopic (exact) mass is 293 g/mol. The zero-order valence-electron chi connectivity index (χ0n) is 12.9. The second-order valence-electron chi connectivity index (χ2n) is 5.97. The highest BCUT2D eigenvalue weighted by Crippen LogP contribution is 2.27. The van der Waals surface area contributed by atoms with Crippen molar-refractivity contribution in [3.05, 3.63) is 17.0 Å². The molecule has 1 amide bonds. The highest BCUT2D eigenvalue weighted by atomic mass is 16.3. The number of hydrogen-bond donors (Lipinski definition) is 2. The van der Waals surface area contributed by atoms with E-state index in [9.17, 15) is 14.7 Å². The van der Waals surface area contributed by atoms with E-state index in [1.807, 2.05) is 0 Å². The number of rotatable bonds is 4. The van der Waals surface area contributed by atoms with Crippen molar-refractivity contribution in [2.24, 2.45) is 7.05 Å². The summed E-state index contributed by atoms with van der Waals surface area (Å²) in [5.74, 6) is -1.26. The van der Waals surface area contributed by atoms with E-state index < -0.39 is 17.3 Å². The Balaban J connectivity index is 2.01. The van der Waals surface area contributed by atoms with Crippen molar-refractivity contribution in [2.75, 3.05) is 6.54 Å². The number of carbonyl (C=O) groups excluding carboxylic acids is 2. The quantitative estimate of drug-likeness (QED) is 0.641. The number of hydrogen-bond acceptors (Lipinski definition) is 4. The molecule has 1 aliphatic rings. The molecule has 0 spiro atoms. The molecule has 2 N–H and O–H groups in total. The van der Waals surface area contributed by atoms with Gasteiger partial charge in [0.15, 0.2) is 0 Å². The molecule has 0 aliphatic heterocycles. The SMILES string of the molecule is Cc1nn(C)c(C)c1C(=O)C(=O)NCC1(O)CCCCC1. The summed E-state index contributed by atoms with van der Waals surface area (Å²) in [6.45, 7) is 3.60. The van der Waals surface area contributed by atoms with Crippen LogP contribution in [-0.2, 0) is 11.8 Å². The molecule has 21 heavy (non-hydrogen) atoms. The number of nitrogens with one attached hydrogen (secondary N) is 1. The first-order valence-electron chi connectivity index (χ1n) is 7.39. The summed E-state index contributed by atoms with van der Waals surface area (Å²) in [4.78, 5) is 24.3. The molecule has 1 fully saturated rings. The first kappa shape index (κ1) is 15.7. The van der Waals surface area contributed by atoms with E-state index in [1.54, 1.807) is 25.6 Å². The van der Waals surface area contributed by atoms with Gasteiger partial charge in [-0.05, 0) is 26.7 Å². The minimum absolute atomic E-state index is 0.135. The lowest BCUT2D eigenvalue weighted by atomic mass is 9.85. The zero-order valence-corrected chi connectivity index (χ0v) is 12.9. The van der Waals surface area contributed by atoms with Crippen LogP contribution in [0.1, 0.15) is 53.8 Å². The molecule has 0 bridgehead atoms. The maximum absolute atomic E-state index is 12.2. The van der Waals surface area contributed by atoms with E-state index in [1.165, 1.54) is 0 Å². The maximum Gasteiger partial charge on any atom is 0.292 e. The molecule has 0 unspecified atom stereocenters. The average Bonchev–Trinajstić information content (AvgIpc) is 2.70. The Labute approximate surface area is 124 Å². The lowest BCUT2D eigenvalue weighted by molar-refractivity contribution is -0.118. The van der Waals surface area contributed by atoms with Crippen molar-refractivity contribution < 1.29 is 14.7 Å². The summed E-state index contributed by atoms with van der Waals surface area (Å²) in [7, 11) is 1.74. The van der Waals surface area contributed by atoms with Crippen molar-refractivity contribution in [3.8, 4) is 0 Å². The van der Waals surface area contributed by atoms with Crippen LogP contribution in [-0.4, -0.2) is 38.7 Å². The Kier molecular flexibility index (Phi) is 4.46. The van der Waals surface area contributed by atoms with Crippen LogP contribution in [0.15, 0.2) is 0 Å². The molecule has 1 saturated carbocycles. The maximum atomic E-state index is 12.2. The van der Waals surface area contributed by atoms with Gasteiger partial charge in [0.05, 0.1) is 16.9 Å². The largest absolute Gasteiger partial charge is 0.388 e. The Bertz CT molecular complexity index is 557. The molecule has 0 saturated heterocycles. The van der Waals surface area contributed by atoms with Gasteiger partial charge in [0.25, 0.3) is 11.7 Å². The van der Waals surface area contributed by atoms with Gasteiger partial charge in [0, 0.05) is 19.3 Å². The van der Waals surface area contributed by atoms with Crippen LogP contribution in [0.4, 0.5) is 0 Å². The van der Waals surface area contributed by atoms with E-state index >= 15 is 0 Å². The fourth-order valence-electron chi connectivity index (χ4n) is 2.93. The highest BCUT2D eigenvalue weighted by molar-refractivity contribution is 6.43. The molecule has 6 nitrogen and oxygen atoms in total. The van der Waals surface area contributed by atoms with Crippen LogP contribution in [0, 0.1) is 13.8 Å². The third-order valence-electron chi connectivity index (χ3n) is 4.30. The summed E-state index contributed by atoms with van der Waals surface area (Å²) >= 11 is 0. The zero-order chi connectivity index (χ0) is 15.6. The van der Waals surface area contributed by atoms with Gasteiger partial charge in [0.2, 0.25) is 0 Å². The molecule has 116 valence electrons. The van der Waals surface area contributed by atoms with Crippen LogP contribution in [0.2, 0.25) is 0 Å². The third-order valence-corrected chi connectivity index (χ3v) is 4.30. The van der Waals surface area contributed by atoms with Crippen molar-refractivity contribution in [3.63, 3.8) is 0 Å². The van der Waals surface area contributed by atoms with Gasteiger partial charge in [0.1, 0.15) is 0 Å². The van der Waals surface area contributed by atoms with Crippen molar-refractivity contribution >= 4 is 11.7 Å². The molecule has 1 heterocycles. The van der Waals surface area contributed by atoms with Crippen LogP contribution in [0.25, 0.3) is 0 Å². The second kappa shape index (κ2) is 5.97. The third kappa shape index (κ3) is 3.32. The molecular formula is C15H23N3O3. The van der Waals surface area contributed by atoms with Gasteiger partial charge in [-0.1, -0.05) is 19.3 Å². The molecule has 6 heteroatoms. The van der Waals surface area contributed by atoms with E-state index in [0.717, 1.165) is 19.3 Å². The number of Topliss-reactive ketones (excluding diaryl/α,β-unsaturated/α-hetero) is 1. The summed E-state index contributed by atoms with van der Waals surface area (Å²) in [6.07, 6.45) is 4.38. The molecule has 1 aliphatic carbocycles. The Morgan fingerprint density at radius 1 is 1.29 bits per heavy atom. The van der Waals surface area contributed by atoms with Gasteiger partial charge < -0.3 is 10.4 Å². The van der Waals surface area contributed by atoms with E-state index in [0.29, 0.717) is 29.8 Å². The summed E-state index contributed by atoms with van der Waals surface area (Å²) < 4.78 is 1.59.